The van der Waals surface area contributed by atoms with Crippen LogP contribution in [0.15, 0.2) is 18.3 Å². The standard InChI is InChI=1S/C10H14N2O3/c1-12(2)10-7(4-3-5-11-10)8(13)6-9(14)15/h3-5,8,13H,6H2,1-2H3,(H,14,15)/t8-/m0/s1. The molecule has 0 aromatic carbocycles. The molecule has 0 saturated carbocycles. The van der Waals surface area contributed by atoms with Gasteiger partial charge in [0.15, 0.2) is 0 Å². The Kier molecular flexibility index (Phi) is 3.62. The molecule has 2 N–H and O–H groups in total. The molecule has 82 valence electrons. The van der Waals surface area contributed by atoms with Crippen LogP contribution in [0.25, 0.3) is 0 Å². The number of aliphatic carboxylic acids is 1. The highest BCUT2D eigenvalue weighted by Gasteiger charge is 2.17. The third-order valence-electron chi connectivity index (χ3n) is 1.97. The maximum atomic E-state index is 10.5. The van der Waals surface area contributed by atoms with Crippen LogP contribution in [0.3, 0.4) is 0 Å². The van der Waals surface area contributed by atoms with E-state index in [9.17, 15) is 9.90 Å². The predicted molar refractivity (Wildman–Crippen MR) is 55.8 cm³/mol. The largest absolute Gasteiger partial charge is 0.481 e. The van der Waals surface area contributed by atoms with E-state index in [1.54, 1.807) is 37.3 Å². The van der Waals surface area contributed by atoms with E-state index >= 15 is 0 Å². The summed E-state index contributed by atoms with van der Waals surface area (Å²) in [5.41, 5.74) is 0.532. The number of aliphatic hydroxyl groups excluding tert-OH is 1. The Labute approximate surface area is 88.0 Å². The summed E-state index contributed by atoms with van der Waals surface area (Å²) in [5.74, 6) is -0.442. The quantitative estimate of drug-likeness (QED) is 0.763. The summed E-state index contributed by atoms with van der Waals surface area (Å²) in [6.45, 7) is 0. The van der Waals surface area contributed by atoms with Gasteiger partial charge in [0, 0.05) is 25.9 Å². The molecule has 0 fully saturated rings. The number of aliphatic hydroxyl groups is 1. The molecule has 0 aliphatic heterocycles. The molecule has 1 atom stereocenters. The third-order valence-corrected chi connectivity index (χ3v) is 1.97. The number of anilines is 1. The number of rotatable bonds is 4. The summed E-state index contributed by atoms with van der Waals surface area (Å²) in [4.78, 5) is 16.3. The summed E-state index contributed by atoms with van der Waals surface area (Å²) in [7, 11) is 3.58. The van der Waals surface area contributed by atoms with Crippen molar-refractivity contribution in [2.45, 2.75) is 12.5 Å². The van der Waals surface area contributed by atoms with E-state index in [0.717, 1.165) is 0 Å². The van der Waals surface area contributed by atoms with E-state index in [2.05, 4.69) is 4.98 Å². The van der Waals surface area contributed by atoms with Gasteiger partial charge in [0.05, 0.1) is 12.5 Å². The molecule has 0 radical (unpaired) electrons. The van der Waals surface area contributed by atoms with Crippen molar-refractivity contribution in [3.05, 3.63) is 23.9 Å². The highest BCUT2D eigenvalue weighted by atomic mass is 16.4. The zero-order chi connectivity index (χ0) is 11.4. The Bertz CT molecular complexity index is 352. The lowest BCUT2D eigenvalue weighted by atomic mass is 10.1. The van der Waals surface area contributed by atoms with Crippen molar-refractivity contribution in [2.75, 3.05) is 19.0 Å². The normalized spacial score (nSPS) is 12.2. The smallest absolute Gasteiger partial charge is 0.306 e. The average Bonchev–Trinajstić information content (AvgIpc) is 2.16. The zero-order valence-corrected chi connectivity index (χ0v) is 8.71. The second kappa shape index (κ2) is 4.75. The summed E-state index contributed by atoms with van der Waals surface area (Å²) in [6.07, 6.45) is 0.271. The fourth-order valence-electron chi connectivity index (χ4n) is 1.32. The number of carbonyl (C=O) groups is 1. The molecular formula is C10H14N2O3. The number of carboxylic acid groups (broad SMARTS) is 1. The SMILES string of the molecule is CN(C)c1ncccc1[C@@H](O)CC(=O)O. The van der Waals surface area contributed by atoms with Gasteiger partial charge in [-0.15, -0.1) is 0 Å². The Morgan fingerprint density at radius 3 is 2.80 bits per heavy atom. The van der Waals surface area contributed by atoms with Crippen LogP contribution in [-0.4, -0.2) is 35.3 Å². The molecule has 0 amide bonds. The van der Waals surface area contributed by atoms with Crippen LogP contribution in [-0.2, 0) is 4.79 Å². The monoisotopic (exact) mass is 210 g/mol. The first-order chi connectivity index (χ1) is 7.02. The topological polar surface area (TPSA) is 73.7 Å². The highest BCUT2D eigenvalue weighted by Crippen LogP contribution is 2.24. The summed E-state index contributed by atoms with van der Waals surface area (Å²) < 4.78 is 0. The van der Waals surface area contributed by atoms with Gasteiger partial charge >= 0.3 is 5.97 Å². The van der Waals surface area contributed by atoms with Gasteiger partial charge in [-0.3, -0.25) is 4.79 Å². The lowest BCUT2D eigenvalue weighted by Crippen LogP contribution is -2.16. The third kappa shape index (κ3) is 2.92. The van der Waals surface area contributed by atoms with Crippen molar-refractivity contribution in [3.63, 3.8) is 0 Å². The highest BCUT2D eigenvalue weighted by molar-refractivity contribution is 5.68. The van der Waals surface area contributed by atoms with Gasteiger partial charge in [0.2, 0.25) is 0 Å². The summed E-state index contributed by atoms with van der Waals surface area (Å²) >= 11 is 0. The number of pyridine rings is 1. The van der Waals surface area contributed by atoms with E-state index in [1.165, 1.54) is 0 Å². The lowest BCUT2D eigenvalue weighted by Gasteiger charge is -2.18. The first kappa shape index (κ1) is 11.5. The lowest BCUT2D eigenvalue weighted by molar-refractivity contribution is -0.139. The number of aromatic nitrogens is 1. The maximum Gasteiger partial charge on any atom is 0.306 e. The van der Waals surface area contributed by atoms with E-state index in [-0.39, 0.29) is 6.42 Å². The number of hydrogen-bond donors (Lipinski definition) is 2. The molecule has 0 spiro atoms. The van der Waals surface area contributed by atoms with E-state index < -0.39 is 12.1 Å². The van der Waals surface area contributed by atoms with Crippen LogP contribution >= 0.6 is 0 Å². The second-order valence-corrected chi connectivity index (χ2v) is 3.42. The van der Waals surface area contributed by atoms with Crippen LogP contribution in [0, 0.1) is 0 Å². The first-order valence-electron chi connectivity index (χ1n) is 4.54. The first-order valence-corrected chi connectivity index (χ1v) is 4.54. The molecule has 1 heterocycles. The molecule has 5 heteroatoms. The van der Waals surface area contributed by atoms with Gasteiger partial charge in [0.1, 0.15) is 5.82 Å². The van der Waals surface area contributed by atoms with Crippen LogP contribution in [0.4, 0.5) is 5.82 Å². The fourth-order valence-corrected chi connectivity index (χ4v) is 1.32. The average molecular weight is 210 g/mol. The Morgan fingerprint density at radius 1 is 1.60 bits per heavy atom. The molecule has 0 aliphatic carbocycles. The van der Waals surface area contributed by atoms with E-state index in [1.807, 2.05) is 0 Å². The number of nitrogens with zero attached hydrogens (tertiary/aromatic N) is 2. The van der Waals surface area contributed by atoms with Gasteiger partial charge in [-0.05, 0) is 6.07 Å². The summed E-state index contributed by atoms with van der Waals surface area (Å²) in [5, 5.41) is 18.3. The van der Waals surface area contributed by atoms with Crippen LogP contribution in [0.2, 0.25) is 0 Å². The van der Waals surface area contributed by atoms with E-state index in [0.29, 0.717) is 11.4 Å². The molecule has 5 nitrogen and oxygen atoms in total. The Morgan fingerprint density at radius 2 is 2.27 bits per heavy atom. The fraction of sp³-hybridized carbons (Fsp3) is 0.400. The van der Waals surface area contributed by atoms with Crippen molar-refractivity contribution in [2.24, 2.45) is 0 Å². The van der Waals surface area contributed by atoms with Crippen LogP contribution in [0.5, 0.6) is 0 Å². The molecule has 0 unspecified atom stereocenters. The molecular weight excluding hydrogens is 196 g/mol. The van der Waals surface area contributed by atoms with Crippen molar-refractivity contribution in [1.82, 2.24) is 4.98 Å². The molecule has 1 aromatic rings. The van der Waals surface area contributed by atoms with Crippen molar-refractivity contribution in [1.29, 1.82) is 0 Å². The minimum absolute atomic E-state index is 0.313. The molecule has 0 aliphatic rings. The second-order valence-electron chi connectivity index (χ2n) is 3.42. The number of carboxylic acids is 1. The Hall–Kier alpha value is -1.62. The Balaban J connectivity index is 2.97. The van der Waals surface area contributed by atoms with Gasteiger partial charge in [0.25, 0.3) is 0 Å². The van der Waals surface area contributed by atoms with Gasteiger partial charge < -0.3 is 15.1 Å². The van der Waals surface area contributed by atoms with Crippen molar-refractivity contribution >= 4 is 11.8 Å². The van der Waals surface area contributed by atoms with Gasteiger partial charge in [-0.1, -0.05) is 6.07 Å². The van der Waals surface area contributed by atoms with Crippen molar-refractivity contribution < 1.29 is 15.0 Å². The molecule has 1 rings (SSSR count). The van der Waals surface area contributed by atoms with Crippen LogP contribution < -0.4 is 4.90 Å². The van der Waals surface area contributed by atoms with Gasteiger partial charge in [-0.2, -0.15) is 0 Å². The predicted octanol–water partition coefficient (Wildman–Crippen LogP) is 0.656. The zero-order valence-electron chi connectivity index (χ0n) is 8.71. The molecule has 1 aromatic heterocycles. The molecule has 15 heavy (non-hydrogen) atoms. The molecule has 0 saturated heterocycles. The van der Waals surface area contributed by atoms with Crippen molar-refractivity contribution in [3.8, 4) is 0 Å². The maximum absolute atomic E-state index is 10.5. The molecule has 0 bridgehead atoms. The van der Waals surface area contributed by atoms with E-state index in [4.69, 9.17) is 5.11 Å². The van der Waals surface area contributed by atoms with Crippen LogP contribution in [0.1, 0.15) is 18.1 Å². The number of hydrogen-bond acceptors (Lipinski definition) is 4. The van der Waals surface area contributed by atoms with Gasteiger partial charge in [-0.25, -0.2) is 4.98 Å². The minimum Gasteiger partial charge on any atom is -0.481 e. The minimum atomic E-state index is -1.03. The summed E-state index contributed by atoms with van der Waals surface area (Å²) in [6, 6.07) is 3.35.